The second-order valence-corrected chi connectivity index (χ2v) is 7.33. The lowest BCUT2D eigenvalue weighted by atomic mass is 10.0. The van der Waals surface area contributed by atoms with Gasteiger partial charge in [-0.15, -0.1) is 0 Å². The fraction of sp³-hybridized carbons (Fsp3) is 0.231. The topological polar surface area (TPSA) is 61.8 Å². The van der Waals surface area contributed by atoms with E-state index in [0.717, 1.165) is 17.5 Å². The minimum absolute atomic E-state index is 0.312. The van der Waals surface area contributed by atoms with Gasteiger partial charge in [-0.05, 0) is 65.6 Å². The Bertz CT molecular complexity index is 1010. The smallest absolute Gasteiger partial charge is 0.343 e. The van der Waals surface area contributed by atoms with Crippen LogP contribution in [0.25, 0.3) is 11.1 Å². The van der Waals surface area contributed by atoms with E-state index >= 15 is 0 Å². The van der Waals surface area contributed by atoms with E-state index in [-0.39, 0.29) is 5.97 Å². The predicted octanol–water partition coefficient (Wildman–Crippen LogP) is 5.78. The van der Waals surface area contributed by atoms with Crippen LogP contribution in [-0.4, -0.2) is 25.7 Å². The molecule has 0 fully saturated rings. The highest BCUT2D eigenvalue weighted by molar-refractivity contribution is 5.91. The number of carbonyl (C=O) groups is 2. The summed E-state index contributed by atoms with van der Waals surface area (Å²) in [6, 6.07) is 21.2. The van der Waals surface area contributed by atoms with Crippen molar-refractivity contribution in [2.45, 2.75) is 20.3 Å². The molecule has 0 aromatic heterocycles. The molecule has 0 saturated carbocycles. The van der Waals surface area contributed by atoms with Gasteiger partial charge in [0.2, 0.25) is 0 Å². The van der Waals surface area contributed by atoms with Crippen molar-refractivity contribution < 1.29 is 23.8 Å². The Morgan fingerprint density at radius 2 is 1.23 bits per heavy atom. The van der Waals surface area contributed by atoms with E-state index in [1.807, 2.05) is 31.2 Å². The molecule has 0 aliphatic rings. The highest BCUT2D eigenvalue weighted by Crippen LogP contribution is 2.24. The zero-order valence-corrected chi connectivity index (χ0v) is 18.0. The Balaban J connectivity index is 1.61. The largest absolute Gasteiger partial charge is 0.497 e. The summed E-state index contributed by atoms with van der Waals surface area (Å²) in [6.07, 6.45) is 0.970. The van der Waals surface area contributed by atoms with Crippen LogP contribution in [0.5, 0.6) is 11.5 Å². The molecule has 5 heteroatoms. The first-order chi connectivity index (χ1) is 15.0. The highest BCUT2D eigenvalue weighted by atomic mass is 16.5. The van der Waals surface area contributed by atoms with Gasteiger partial charge in [-0.2, -0.15) is 0 Å². The Kier molecular flexibility index (Phi) is 7.44. The van der Waals surface area contributed by atoms with Gasteiger partial charge in [-0.1, -0.05) is 44.5 Å². The average Bonchev–Trinajstić information content (AvgIpc) is 2.83. The summed E-state index contributed by atoms with van der Waals surface area (Å²) >= 11 is 0. The summed E-state index contributed by atoms with van der Waals surface area (Å²) in [4.78, 5) is 24.4. The summed E-state index contributed by atoms with van der Waals surface area (Å²) < 4.78 is 15.9. The van der Waals surface area contributed by atoms with E-state index in [4.69, 9.17) is 14.2 Å². The molecule has 3 aromatic rings. The SMILES string of the molecule is CCC(C)COC(=O)c1ccc(-c2ccc(OC(=O)c3ccc(OC)cc3)cc2)cc1. The molecule has 0 aliphatic carbocycles. The molecular weight excluding hydrogens is 392 g/mol. The summed E-state index contributed by atoms with van der Waals surface area (Å²) in [5.41, 5.74) is 2.87. The van der Waals surface area contributed by atoms with Gasteiger partial charge >= 0.3 is 11.9 Å². The number of ether oxygens (including phenoxy) is 3. The maximum Gasteiger partial charge on any atom is 0.343 e. The number of methoxy groups -OCH3 is 1. The first kappa shape index (κ1) is 22.1. The van der Waals surface area contributed by atoms with Gasteiger partial charge in [-0.25, -0.2) is 9.59 Å². The van der Waals surface area contributed by atoms with Crippen LogP contribution in [0.4, 0.5) is 0 Å². The minimum atomic E-state index is -0.435. The van der Waals surface area contributed by atoms with Gasteiger partial charge in [0.05, 0.1) is 24.8 Å². The summed E-state index contributed by atoms with van der Waals surface area (Å²) in [5, 5.41) is 0. The van der Waals surface area contributed by atoms with Crippen molar-refractivity contribution in [2.24, 2.45) is 5.92 Å². The maximum atomic E-state index is 12.3. The molecule has 0 radical (unpaired) electrons. The molecule has 0 amide bonds. The summed E-state index contributed by atoms with van der Waals surface area (Å²) in [5.74, 6) is 0.731. The van der Waals surface area contributed by atoms with Crippen molar-refractivity contribution >= 4 is 11.9 Å². The highest BCUT2D eigenvalue weighted by Gasteiger charge is 2.11. The van der Waals surface area contributed by atoms with Crippen LogP contribution < -0.4 is 9.47 Å². The summed E-state index contributed by atoms with van der Waals surface area (Å²) in [7, 11) is 1.57. The van der Waals surface area contributed by atoms with Crippen molar-refractivity contribution in [1.82, 2.24) is 0 Å². The molecule has 5 nitrogen and oxygen atoms in total. The third-order valence-electron chi connectivity index (χ3n) is 5.04. The predicted molar refractivity (Wildman–Crippen MR) is 120 cm³/mol. The number of benzene rings is 3. The van der Waals surface area contributed by atoms with Gasteiger partial charge in [0.1, 0.15) is 11.5 Å². The van der Waals surface area contributed by atoms with Crippen LogP contribution in [0.2, 0.25) is 0 Å². The van der Waals surface area contributed by atoms with Crippen molar-refractivity contribution in [3.05, 3.63) is 83.9 Å². The lowest BCUT2D eigenvalue weighted by Crippen LogP contribution is -2.11. The molecule has 0 N–H and O–H groups in total. The fourth-order valence-corrected chi connectivity index (χ4v) is 2.83. The minimum Gasteiger partial charge on any atom is -0.497 e. The normalized spacial score (nSPS) is 11.5. The van der Waals surface area contributed by atoms with Crippen LogP contribution in [0.3, 0.4) is 0 Å². The first-order valence-electron chi connectivity index (χ1n) is 10.2. The van der Waals surface area contributed by atoms with Gasteiger partial charge in [-0.3, -0.25) is 0 Å². The average molecular weight is 418 g/mol. The number of esters is 2. The molecule has 0 saturated heterocycles. The van der Waals surface area contributed by atoms with E-state index in [2.05, 4.69) is 6.92 Å². The number of hydrogen-bond acceptors (Lipinski definition) is 5. The van der Waals surface area contributed by atoms with Crippen molar-refractivity contribution in [3.63, 3.8) is 0 Å². The van der Waals surface area contributed by atoms with Crippen LogP contribution in [-0.2, 0) is 4.74 Å². The van der Waals surface area contributed by atoms with E-state index in [9.17, 15) is 9.59 Å². The monoisotopic (exact) mass is 418 g/mol. The third kappa shape index (κ3) is 5.95. The number of carbonyl (C=O) groups excluding carboxylic acids is 2. The quantitative estimate of drug-likeness (QED) is 0.343. The van der Waals surface area contributed by atoms with Crippen molar-refractivity contribution in [1.29, 1.82) is 0 Å². The van der Waals surface area contributed by atoms with Gasteiger partial charge in [0.15, 0.2) is 0 Å². The molecule has 0 aliphatic heterocycles. The molecule has 31 heavy (non-hydrogen) atoms. The van der Waals surface area contributed by atoms with Gasteiger partial charge in [0.25, 0.3) is 0 Å². The molecule has 1 unspecified atom stereocenters. The van der Waals surface area contributed by atoms with Gasteiger partial charge < -0.3 is 14.2 Å². The van der Waals surface area contributed by atoms with E-state index in [1.54, 1.807) is 55.6 Å². The zero-order valence-electron chi connectivity index (χ0n) is 18.0. The lowest BCUT2D eigenvalue weighted by molar-refractivity contribution is 0.0447. The molecule has 0 heterocycles. The lowest BCUT2D eigenvalue weighted by Gasteiger charge is -2.10. The van der Waals surface area contributed by atoms with Crippen molar-refractivity contribution in [3.8, 4) is 22.6 Å². The number of rotatable bonds is 8. The second kappa shape index (κ2) is 10.4. The van der Waals surface area contributed by atoms with Crippen LogP contribution >= 0.6 is 0 Å². The van der Waals surface area contributed by atoms with E-state index in [0.29, 0.717) is 35.2 Å². The Labute approximate surface area is 182 Å². The zero-order chi connectivity index (χ0) is 22.2. The molecular formula is C26H26O5. The third-order valence-corrected chi connectivity index (χ3v) is 5.04. The molecule has 3 aromatic carbocycles. The fourth-order valence-electron chi connectivity index (χ4n) is 2.83. The Hall–Kier alpha value is -3.60. The first-order valence-corrected chi connectivity index (χ1v) is 10.2. The Morgan fingerprint density at radius 1 is 0.742 bits per heavy atom. The second-order valence-electron chi connectivity index (χ2n) is 7.33. The summed E-state index contributed by atoms with van der Waals surface area (Å²) in [6.45, 7) is 4.54. The number of hydrogen-bond donors (Lipinski definition) is 0. The molecule has 0 bridgehead atoms. The van der Waals surface area contributed by atoms with Gasteiger partial charge in [0, 0.05) is 0 Å². The van der Waals surface area contributed by atoms with E-state index < -0.39 is 5.97 Å². The van der Waals surface area contributed by atoms with Crippen LogP contribution in [0.1, 0.15) is 41.0 Å². The Morgan fingerprint density at radius 3 is 1.77 bits per heavy atom. The van der Waals surface area contributed by atoms with E-state index in [1.165, 1.54) is 0 Å². The molecule has 3 rings (SSSR count). The molecule has 160 valence electrons. The standard InChI is InChI=1S/C26H26O5/c1-4-18(2)17-30-25(27)21-7-5-19(6-8-21)20-9-15-24(16-10-20)31-26(28)22-11-13-23(29-3)14-12-22/h5-16,18H,4,17H2,1-3H3. The van der Waals surface area contributed by atoms with Crippen molar-refractivity contribution in [2.75, 3.05) is 13.7 Å². The van der Waals surface area contributed by atoms with Crippen LogP contribution in [0.15, 0.2) is 72.8 Å². The maximum absolute atomic E-state index is 12.3. The molecule has 0 spiro atoms. The molecule has 1 atom stereocenters. The van der Waals surface area contributed by atoms with Crippen LogP contribution in [0, 0.1) is 5.92 Å².